The maximum absolute atomic E-state index is 6.37. The summed E-state index contributed by atoms with van der Waals surface area (Å²) in [6.45, 7) is 2.19. The zero-order chi connectivity index (χ0) is 18.6. The molecule has 0 amide bonds. The van der Waals surface area contributed by atoms with Gasteiger partial charge in [-0.3, -0.25) is 0 Å². The Balaban J connectivity index is 1.70. The Hall–Kier alpha value is -2.91. The predicted octanol–water partition coefficient (Wildman–Crippen LogP) is 6.08. The maximum Gasteiger partial charge on any atom is 0.138 e. The van der Waals surface area contributed by atoms with Gasteiger partial charge < -0.3 is 10.7 Å². The second kappa shape index (κ2) is 7.77. The molecular weight excluding hydrogens is 330 g/mol. The molecule has 0 spiro atoms. The molecule has 1 unspecified atom stereocenters. The van der Waals surface area contributed by atoms with Gasteiger partial charge in [-0.2, -0.15) is 0 Å². The molecule has 4 rings (SSSR count). The molecule has 1 atom stereocenters. The second-order valence-corrected chi connectivity index (χ2v) is 7.09. The van der Waals surface area contributed by atoms with Gasteiger partial charge in [0.15, 0.2) is 0 Å². The van der Waals surface area contributed by atoms with Crippen LogP contribution in [0.1, 0.15) is 48.9 Å². The van der Waals surface area contributed by atoms with E-state index in [4.69, 9.17) is 5.73 Å². The van der Waals surface area contributed by atoms with Crippen molar-refractivity contribution in [3.63, 3.8) is 0 Å². The van der Waals surface area contributed by atoms with E-state index in [1.807, 2.05) is 12.3 Å². The van der Waals surface area contributed by atoms with Gasteiger partial charge in [0.25, 0.3) is 0 Å². The lowest BCUT2D eigenvalue weighted by Gasteiger charge is -2.10. The topological polar surface area (TPSA) is 54.7 Å². The molecule has 3 nitrogen and oxygen atoms in total. The maximum atomic E-state index is 6.37. The van der Waals surface area contributed by atoms with E-state index in [2.05, 4.69) is 77.6 Å². The number of pyridine rings is 1. The molecule has 0 saturated carbocycles. The van der Waals surface area contributed by atoms with E-state index in [1.54, 1.807) is 0 Å². The van der Waals surface area contributed by atoms with Gasteiger partial charge in [0.2, 0.25) is 0 Å². The molecule has 0 aliphatic rings. The molecule has 2 heterocycles. The van der Waals surface area contributed by atoms with Gasteiger partial charge in [0.05, 0.1) is 0 Å². The van der Waals surface area contributed by atoms with E-state index in [0.717, 1.165) is 41.4 Å². The SMILES string of the molecule is CCCCC(N)c1cnc2[nH]c3ccc(/C=C/c4ccccc4)cc3c2c1. The zero-order valence-electron chi connectivity index (χ0n) is 15.7. The first-order valence-corrected chi connectivity index (χ1v) is 9.64. The van der Waals surface area contributed by atoms with Crippen LogP contribution in [-0.4, -0.2) is 9.97 Å². The minimum atomic E-state index is 0.0490. The molecule has 3 heteroatoms. The summed E-state index contributed by atoms with van der Waals surface area (Å²) in [6.07, 6.45) is 9.50. The number of rotatable bonds is 6. The Morgan fingerprint density at radius 1 is 1.00 bits per heavy atom. The summed E-state index contributed by atoms with van der Waals surface area (Å²) in [6, 6.07) is 19.1. The first kappa shape index (κ1) is 17.5. The highest BCUT2D eigenvalue weighted by Gasteiger charge is 2.11. The van der Waals surface area contributed by atoms with Crippen LogP contribution >= 0.6 is 0 Å². The molecule has 0 saturated heterocycles. The minimum Gasteiger partial charge on any atom is -0.339 e. The summed E-state index contributed by atoms with van der Waals surface area (Å²) in [5.41, 5.74) is 11.9. The van der Waals surface area contributed by atoms with Crippen molar-refractivity contribution in [2.24, 2.45) is 5.73 Å². The van der Waals surface area contributed by atoms with Crippen molar-refractivity contribution in [2.75, 3.05) is 0 Å². The van der Waals surface area contributed by atoms with Gasteiger partial charge >= 0.3 is 0 Å². The van der Waals surface area contributed by atoms with E-state index < -0.39 is 0 Å². The van der Waals surface area contributed by atoms with Crippen LogP contribution in [0, 0.1) is 0 Å². The number of hydrogen-bond donors (Lipinski definition) is 2. The first-order valence-electron chi connectivity index (χ1n) is 9.64. The minimum absolute atomic E-state index is 0.0490. The highest BCUT2D eigenvalue weighted by atomic mass is 14.9. The highest BCUT2D eigenvalue weighted by Crippen LogP contribution is 2.28. The first-order chi connectivity index (χ1) is 13.2. The molecule has 3 N–H and O–H groups in total. The average molecular weight is 355 g/mol. The van der Waals surface area contributed by atoms with Gasteiger partial charge in [0, 0.05) is 28.5 Å². The van der Waals surface area contributed by atoms with Crippen LogP contribution in [0.3, 0.4) is 0 Å². The third kappa shape index (κ3) is 3.79. The Kier molecular flexibility index (Phi) is 5.03. The van der Waals surface area contributed by atoms with Gasteiger partial charge in [-0.1, -0.05) is 68.3 Å². The Labute approximate surface area is 159 Å². The van der Waals surface area contributed by atoms with Crippen LogP contribution < -0.4 is 5.73 Å². The van der Waals surface area contributed by atoms with Gasteiger partial charge in [0.1, 0.15) is 5.65 Å². The van der Waals surface area contributed by atoms with Crippen molar-refractivity contribution < 1.29 is 0 Å². The summed E-state index contributed by atoms with van der Waals surface area (Å²) >= 11 is 0. The predicted molar refractivity (Wildman–Crippen MR) is 115 cm³/mol. The van der Waals surface area contributed by atoms with Crippen molar-refractivity contribution in [3.05, 3.63) is 77.5 Å². The van der Waals surface area contributed by atoms with Crippen LogP contribution in [0.5, 0.6) is 0 Å². The molecule has 2 aromatic heterocycles. The second-order valence-electron chi connectivity index (χ2n) is 7.09. The van der Waals surface area contributed by atoms with E-state index in [9.17, 15) is 0 Å². The molecule has 136 valence electrons. The molecule has 2 aromatic carbocycles. The lowest BCUT2D eigenvalue weighted by molar-refractivity contribution is 0.602. The normalized spacial score (nSPS) is 13.0. The molecule has 0 aliphatic carbocycles. The number of fused-ring (bicyclic) bond motifs is 3. The largest absolute Gasteiger partial charge is 0.339 e. The lowest BCUT2D eigenvalue weighted by atomic mass is 10.0. The Morgan fingerprint density at radius 3 is 2.63 bits per heavy atom. The van der Waals surface area contributed by atoms with Crippen LogP contribution in [0.25, 0.3) is 34.1 Å². The summed E-state index contributed by atoms with van der Waals surface area (Å²) in [7, 11) is 0. The van der Waals surface area contributed by atoms with Crippen molar-refractivity contribution in [3.8, 4) is 0 Å². The van der Waals surface area contributed by atoms with Crippen molar-refractivity contribution in [1.82, 2.24) is 9.97 Å². The highest BCUT2D eigenvalue weighted by molar-refractivity contribution is 6.06. The molecule has 0 radical (unpaired) electrons. The number of nitrogens with zero attached hydrogens (tertiary/aromatic N) is 1. The molecule has 4 aromatic rings. The number of aromatic nitrogens is 2. The number of hydrogen-bond acceptors (Lipinski definition) is 2. The number of unbranched alkanes of at least 4 members (excludes halogenated alkanes) is 1. The van der Waals surface area contributed by atoms with Crippen molar-refractivity contribution in [2.45, 2.75) is 32.2 Å². The van der Waals surface area contributed by atoms with Crippen LogP contribution in [0.2, 0.25) is 0 Å². The van der Waals surface area contributed by atoms with Gasteiger partial charge in [-0.05, 0) is 41.3 Å². The van der Waals surface area contributed by atoms with Crippen LogP contribution in [0.4, 0.5) is 0 Å². The molecule has 0 aliphatic heterocycles. The molecule has 0 bridgehead atoms. The van der Waals surface area contributed by atoms with Gasteiger partial charge in [-0.25, -0.2) is 4.98 Å². The van der Waals surface area contributed by atoms with Crippen LogP contribution in [-0.2, 0) is 0 Å². The fraction of sp³-hybridized carbons (Fsp3) is 0.208. The standard InChI is InChI=1S/C24H25N3/c1-2-3-9-22(25)19-15-21-20-14-18(11-10-17-7-5-4-6-8-17)12-13-23(20)27-24(21)26-16-19/h4-8,10-16,22H,2-3,9,25H2,1H3,(H,26,27)/b11-10+. The summed E-state index contributed by atoms with van der Waals surface area (Å²) < 4.78 is 0. The number of aromatic amines is 1. The quantitative estimate of drug-likeness (QED) is 0.412. The summed E-state index contributed by atoms with van der Waals surface area (Å²) in [5, 5.41) is 2.33. The summed E-state index contributed by atoms with van der Waals surface area (Å²) in [5.74, 6) is 0. The molecule has 0 fully saturated rings. The van der Waals surface area contributed by atoms with E-state index >= 15 is 0 Å². The van der Waals surface area contributed by atoms with Crippen LogP contribution in [0.15, 0.2) is 60.8 Å². The fourth-order valence-electron chi connectivity index (χ4n) is 3.46. The van der Waals surface area contributed by atoms with Crippen molar-refractivity contribution in [1.29, 1.82) is 0 Å². The van der Waals surface area contributed by atoms with Gasteiger partial charge in [-0.15, -0.1) is 0 Å². The zero-order valence-corrected chi connectivity index (χ0v) is 15.7. The number of nitrogens with one attached hydrogen (secondary N) is 1. The Bertz CT molecular complexity index is 1080. The summed E-state index contributed by atoms with van der Waals surface area (Å²) in [4.78, 5) is 8.03. The number of benzene rings is 2. The smallest absolute Gasteiger partial charge is 0.138 e. The molecular formula is C24H25N3. The monoisotopic (exact) mass is 355 g/mol. The third-order valence-electron chi connectivity index (χ3n) is 5.06. The fourth-order valence-corrected chi connectivity index (χ4v) is 3.46. The average Bonchev–Trinajstić information content (AvgIpc) is 3.08. The lowest BCUT2D eigenvalue weighted by Crippen LogP contribution is -2.10. The number of H-pyrrole nitrogens is 1. The third-order valence-corrected chi connectivity index (χ3v) is 5.06. The van der Waals surface area contributed by atoms with E-state index in [-0.39, 0.29) is 6.04 Å². The van der Waals surface area contributed by atoms with Crippen molar-refractivity contribution >= 4 is 34.1 Å². The Morgan fingerprint density at radius 2 is 1.81 bits per heavy atom. The molecule has 27 heavy (non-hydrogen) atoms. The van der Waals surface area contributed by atoms with E-state index in [1.165, 1.54) is 16.5 Å². The number of nitrogens with two attached hydrogens (primary N) is 1. The van der Waals surface area contributed by atoms with E-state index in [0.29, 0.717) is 0 Å².